The van der Waals surface area contributed by atoms with Crippen LogP contribution in [0.4, 0.5) is 8.78 Å². The number of imidazole rings is 1. The second kappa shape index (κ2) is 4.73. The number of nitriles is 1. The summed E-state index contributed by atoms with van der Waals surface area (Å²) in [6.07, 6.45) is 0.310. The van der Waals surface area contributed by atoms with Gasteiger partial charge in [-0.05, 0) is 0 Å². The Morgan fingerprint density at radius 2 is 2.00 bits per heavy atom. The van der Waals surface area contributed by atoms with Gasteiger partial charge in [0.1, 0.15) is 5.82 Å². The van der Waals surface area contributed by atoms with Crippen LogP contribution in [0.5, 0.6) is 0 Å². The average Bonchev–Trinajstić information content (AvgIpc) is 2.65. The van der Waals surface area contributed by atoms with Crippen LogP contribution in [-0.2, 0) is 6.54 Å². The summed E-state index contributed by atoms with van der Waals surface area (Å²) in [5.41, 5.74) is 0.961. The largest absolute Gasteiger partial charge is 0.327 e. The fraction of sp³-hybridized carbons (Fsp3) is 0.385. The summed E-state index contributed by atoms with van der Waals surface area (Å²) >= 11 is 0. The molecule has 0 N–H and O–H groups in total. The van der Waals surface area contributed by atoms with Crippen LogP contribution < -0.4 is 0 Å². The Hall–Kier alpha value is -1.96. The summed E-state index contributed by atoms with van der Waals surface area (Å²) in [7, 11) is 0. The molecule has 0 saturated carbocycles. The van der Waals surface area contributed by atoms with Crippen LogP contribution >= 0.6 is 0 Å². The highest BCUT2D eigenvalue weighted by atomic mass is 19.2. The number of hydrogen-bond acceptors (Lipinski definition) is 2. The smallest absolute Gasteiger partial charge is 0.161 e. The highest BCUT2D eigenvalue weighted by molar-refractivity contribution is 5.76. The Kier molecular flexibility index (Phi) is 3.28. The van der Waals surface area contributed by atoms with E-state index in [1.807, 2.05) is 19.9 Å². The van der Waals surface area contributed by atoms with E-state index in [1.54, 1.807) is 4.57 Å². The standard InChI is InChI=1S/C13H13F2N3/c1-8(2)13-17-11-6-9(14)10(15)7-12(11)18(13)5-3-4-16/h6-8H,3,5H2,1-2H3. The van der Waals surface area contributed by atoms with Gasteiger partial charge in [-0.25, -0.2) is 13.8 Å². The van der Waals surface area contributed by atoms with E-state index >= 15 is 0 Å². The zero-order valence-electron chi connectivity index (χ0n) is 10.2. The molecule has 0 radical (unpaired) electrons. The molecule has 94 valence electrons. The molecule has 3 nitrogen and oxygen atoms in total. The van der Waals surface area contributed by atoms with Crippen LogP contribution in [0.3, 0.4) is 0 Å². The van der Waals surface area contributed by atoms with E-state index in [1.165, 1.54) is 0 Å². The zero-order chi connectivity index (χ0) is 13.3. The minimum absolute atomic E-state index is 0.127. The first-order chi connectivity index (χ1) is 8.54. The van der Waals surface area contributed by atoms with Crippen LogP contribution in [0.2, 0.25) is 0 Å². The average molecular weight is 249 g/mol. The number of rotatable bonds is 3. The molecule has 1 aromatic heterocycles. The molecule has 1 heterocycles. The van der Waals surface area contributed by atoms with E-state index in [0.29, 0.717) is 24.0 Å². The number of halogens is 2. The molecule has 1 aromatic carbocycles. The maximum absolute atomic E-state index is 13.3. The first kappa shape index (κ1) is 12.5. The second-order valence-electron chi connectivity index (χ2n) is 4.44. The molecular weight excluding hydrogens is 236 g/mol. The van der Waals surface area contributed by atoms with Gasteiger partial charge in [0.2, 0.25) is 0 Å². The van der Waals surface area contributed by atoms with Crippen molar-refractivity contribution in [2.24, 2.45) is 0 Å². The first-order valence-electron chi connectivity index (χ1n) is 5.76. The third-order valence-corrected chi connectivity index (χ3v) is 2.78. The Bertz CT molecular complexity index is 623. The lowest BCUT2D eigenvalue weighted by Crippen LogP contribution is -2.05. The quantitative estimate of drug-likeness (QED) is 0.837. The van der Waals surface area contributed by atoms with Crippen molar-refractivity contribution in [3.05, 3.63) is 29.6 Å². The Morgan fingerprint density at radius 3 is 2.61 bits per heavy atom. The van der Waals surface area contributed by atoms with Crippen molar-refractivity contribution in [1.29, 1.82) is 5.26 Å². The summed E-state index contributed by atoms with van der Waals surface area (Å²) in [6.45, 7) is 4.35. The maximum atomic E-state index is 13.3. The number of nitrogens with zero attached hydrogens (tertiary/aromatic N) is 3. The fourth-order valence-electron chi connectivity index (χ4n) is 1.98. The van der Waals surface area contributed by atoms with Gasteiger partial charge in [-0.2, -0.15) is 5.26 Å². The predicted molar refractivity (Wildman–Crippen MR) is 64.0 cm³/mol. The zero-order valence-corrected chi connectivity index (χ0v) is 10.2. The Morgan fingerprint density at radius 1 is 1.33 bits per heavy atom. The molecule has 0 atom stereocenters. The number of fused-ring (bicyclic) bond motifs is 1. The van der Waals surface area contributed by atoms with E-state index < -0.39 is 11.6 Å². The van der Waals surface area contributed by atoms with E-state index in [0.717, 1.165) is 18.0 Å². The highest BCUT2D eigenvalue weighted by Crippen LogP contribution is 2.24. The molecule has 0 unspecified atom stereocenters. The van der Waals surface area contributed by atoms with E-state index in [9.17, 15) is 8.78 Å². The van der Waals surface area contributed by atoms with Crippen LogP contribution in [0, 0.1) is 23.0 Å². The summed E-state index contributed by atoms with van der Waals surface area (Å²) in [4.78, 5) is 4.31. The topological polar surface area (TPSA) is 41.6 Å². The van der Waals surface area contributed by atoms with Crippen molar-refractivity contribution in [3.8, 4) is 6.07 Å². The Labute approximate surface area is 104 Å². The number of hydrogen-bond donors (Lipinski definition) is 0. The van der Waals surface area contributed by atoms with Gasteiger partial charge in [-0.15, -0.1) is 0 Å². The third kappa shape index (κ3) is 2.06. The van der Waals surface area contributed by atoms with Gasteiger partial charge in [-0.1, -0.05) is 13.8 Å². The molecular formula is C13H13F2N3. The van der Waals surface area contributed by atoms with Crippen molar-refractivity contribution in [2.75, 3.05) is 0 Å². The maximum Gasteiger partial charge on any atom is 0.161 e. The van der Waals surface area contributed by atoms with Gasteiger partial charge in [0.05, 0.1) is 23.5 Å². The minimum Gasteiger partial charge on any atom is -0.327 e. The molecule has 2 rings (SSSR count). The van der Waals surface area contributed by atoms with Crippen LogP contribution in [0.25, 0.3) is 11.0 Å². The second-order valence-corrected chi connectivity index (χ2v) is 4.44. The normalized spacial score (nSPS) is 11.1. The number of aryl methyl sites for hydroxylation is 1. The lowest BCUT2D eigenvalue weighted by atomic mass is 10.2. The summed E-state index contributed by atoms with van der Waals surface area (Å²) < 4.78 is 28.2. The lowest BCUT2D eigenvalue weighted by Gasteiger charge is -2.09. The number of aromatic nitrogens is 2. The van der Waals surface area contributed by atoms with Crippen molar-refractivity contribution in [3.63, 3.8) is 0 Å². The van der Waals surface area contributed by atoms with Crippen molar-refractivity contribution in [2.45, 2.75) is 32.7 Å². The molecule has 0 bridgehead atoms. The van der Waals surface area contributed by atoms with Crippen molar-refractivity contribution in [1.82, 2.24) is 9.55 Å². The van der Waals surface area contributed by atoms with Crippen LogP contribution in [-0.4, -0.2) is 9.55 Å². The third-order valence-electron chi connectivity index (χ3n) is 2.78. The van der Waals surface area contributed by atoms with Gasteiger partial charge in [0.25, 0.3) is 0 Å². The fourth-order valence-corrected chi connectivity index (χ4v) is 1.98. The molecule has 0 saturated heterocycles. The summed E-state index contributed by atoms with van der Waals surface area (Å²) in [5, 5.41) is 8.65. The number of benzene rings is 1. The van der Waals surface area contributed by atoms with E-state index in [-0.39, 0.29) is 5.92 Å². The minimum atomic E-state index is -0.900. The first-order valence-corrected chi connectivity index (χ1v) is 5.76. The van der Waals surface area contributed by atoms with E-state index in [2.05, 4.69) is 4.98 Å². The molecule has 0 aliphatic heterocycles. The molecule has 0 fully saturated rings. The molecule has 2 aromatic rings. The van der Waals surface area contributed by atoms with Gasteiger partial charge in [0.15, 0.2) is 11.6 Å². The van der Waals surface area contributed by atoms with Gasteiger partial charge in [-0.3, -0.25) is 0 Å². The SMILES string of the molecule is CC(C)c1nc2cc(F)c(F)cc2n1CCC#N. The summed E-state index contributed by atoms with van der Waals surface area (Å²) in [5.74, 6) is -0.925. The van der Waals surface area contributed by atoms with Gasteiger partial charge < -0.3 is 4.57 Å². The van der Waals surface area contributed by atoms with Crippen LogP contribution in [0.1, 0.15) is 32.0 Å². The molecule has 0 aliphatic carbocycles. The van der Waals surface area contributed by atoms with Crippen LogP contribution in [0.15, 0.2) is 12.1 Å². The summed E-state index contributed by atoms with van der Waals surface area (Å²) in [6, 6.07) is 4.28. The highest BCUT2D eigenvalue weighted by Gasteiger charge is 2.16. The van der Waals surface area contributed by atoms with Gasteiger partial charge >= 0.3 is 0 Å². The Balaban J connectivity index is 2.65. The molecule has 0 spiro atoms. The van der Waals surface area contributed by atoms with Crippen molar-refractivity contribution < 1.29 is 8.78 Å². The molecule has 18 heavy (non-hydrogen) atoms. The van der Waals surface area contributed by atoms with Crippen molar-refractivity contribution >= 4 is 11.0 Å². The lowest BCUT2D eigenvalue weighted by molar-refractivity contribution is 0.510. The monoisotopic (exact) mass is 249 g/mol. The predicted octanol–water partition coefficient (Wildman–Crippen LogP) is 3.35. The molecule has 5 heteroatoms. The van der Waals surface area contributed by atoms with E-state index in [4.69, 9.17) is 5.26 Å². The molecule has 0 aliphatic rings. The van der Waals surface area contributed by atoms with Gasteiger partial charge in [0, 0.05) is 24.6 Å². The molecule has 0 amide bonds.